The van der Waals surface area contributed by atoms with E-state index in [-0.39, 0.29) is 24.7 Å². The van der Waals surface area contributed by atoms with Crippen molar-refractivity contribution in [1.82, 2.24) is 10.3 Å². The number of nitrogens with one attached hydrogen (secondary N) is 1. The predicted molar refractivity (Wildman–Crippen MR) is 106 cm³/mol. The Hall–Kier alpha value is -3.61. The van der Waals surface area contributed by atoms with E-state index in [9.17, 15) is 9.59 Å². The van der Waals surface area contributed by atoms with Crippen LogP contribution in [0.3, 0.4) is 0 Å². The zero-order valence-corrected chi connectivity index (χ0v) is 16.1. The van der Waals surface area contributed by atoms with E-state index in [1.165, 1.54) is 0 Å². The first-order chi connectivity index (χ1) is 14.1. The fraction of sp³-hybridized carbons (Fsp3) is 0.227. The number of pyridine rings is 1. The van der Waals surface area contributed by atoms with Crippen LogP contribution in [0, 0.1) is 6.92 Å². The van der Waals surface area contributed by atoms with Crippen molar-refractivity contribution in [3.8, 4) is 11.6 Å². The Morgan fingerprint density at radius 2 is 1.97 bits per heavy atom. The van der Waals surface area contributed by atoms with Crippen LogP contribution in [-0.2, 0) is 22.7 Å². The summed E-state index contributed by atoms with van der Waals surface area (Å²) in [5, 5.41) is 2.78. The van der Waals surface area contributed by atoms with E-state index in [4.69, 9.17) is 9.15 Å². The molecule has 4 rings (SSSR count). The van der Waals surface area contributed by atoms with Crippen molar-refractivity contribution < 1.29 is 18.7 Å². The van der Waals surface area contributed by atoms with Crippen LogP contribution in [0.1, 0.15) is 29.9 Å². The fourth-order valence-corrected chi connectivity index (χ4v) is 3.19. The van der Waals surface area contributed by atoms with Gasteiger partial charge in [0.25, 0.3) is 0 Å². The van der Waals surface area contributed by atoms with Crippen LogP contribution in [0.4, 0.5) is 5.69 Å². The van der Waals surface area contributed by atoms with Crippen LogP contribution in [0.25, 0.3) is 0 Å². The molecule has 0 aliphatic carbocycles. The molecule has 0 saturated heterocycles. The summed E-state index contributed by atoms with van der Waals surface area (Å²) in [7, 11) is 0. The number of furan rings is 1. The van der Waals surface area contributed by atoms with Crippen molar-refractivity contribution in [1.29, 1.82) is 0 Å². The van der Waals surface area contributed by atoms with Gasteiger partial charge in [0.15, 0.2) is 0 Å². The topological polar surface area (TPSA) is 84.7 Å². The Labute approximate surface area is 168 Å². The van der Waals surface area contributed by atoms with Crippen molar-refractivity contribution in [3.05, 3.63) is 71.8 Å². The molecule has 3 heterocycles. The number of rotatable bonds is 5. The van der Waals surface area contributed by atoms with Crippen LogP contribution < -0.4 is 15.0 Å². The molecule has 0 unspecified atom stereocenters. The van der Waals surface area contributed by atoms with Gasteiger partial charge >= 0.3 is 0 Å². The van der Waals surface area contributed by atoms with Crippen LogP contribution in [0.15, 0.2) is 59.1 Å². The minimum atomic E-state index is -0.203. The SMILES string of the molecule is Cc1ccc(CNC(=O)CCC(=O)N2Cc3ccccc3Oc3ncccc32)o1. The number of nitrogens with zero attached hydrogens (tertiary/aromatic N) is 2. The van der Waals surface area contributed by atoms with Gasteiger partial charge in [-0.05, 0) is 37.3 Å². The summed E-state index contributed by atoms with van der Waals surface area (Å²) < 4.78 is 11.3. The Bertz CT molecular complexity index is 1040. The van der Waals surface area contributed by atoms with Crippen molar-refractivity contribution in [2.24, 2.45) is 0 Å². The van der Waals surface area contributed by atoms with Crippen LogP contribution in [0.2, 0.25) is 0 Å². The average Bonchev–Trinajstić information content (AvgIpc) is 3.07. The molecule has 7 nitrogen and oxygen atoms in total. The van der Waals surface area contributed by atoms with Gasteiger partial charge in [-0.1, -0.05) is 18.2 Å². The second-order valence-electron chi connectivity index (χ2n) is 6.81. The lowest BCUT2D eigenvalue weighted by atomic mass is 10.1. The maximum atomic E-state index is 12.9. The lowest BCUT2D eigenvalue weighted by Gasteiger charge is -2.21. The highest BCUT2D eigenvalue weighted by atomic mass is 16.5. The second-order valence-corrected chi connectivity index (χ2v) is 6.81. The Balaban J connectivity index is 1.42. The molecule has 2 amide bonds. The third kappa shape index (κ3) is 4.29. The van der Waals surface area contributed by atoms with Crippen molar-refractivity contribution in [2.75, 3.05) is 4.90 Å². The van der Waals surface area contributed by atoms with Crippen LogP contribution in [-0.4, -0.2) is 16.8 Å². The summed E-state index contributed by atoms with van der Waals surface area (Å²) in [5.41, 5.74) is 1.48. The number of carbonyl (C=O) groups is 2. The number of ether oxygens (including phenoxy) is 1. The molecule has 148 valence electrons. The second kappa shape index (κ2) is 8.18. The van der Waals surface area contributed by atoms with Gasteiger partial charge in [-0.25, -0.2) is 4.98 Å². The first-order valence-electron chi connectivity index (χ1n) is 9.43. The van der Waals surface area contributed by atoms with Gasteiger partial charge in [0.05, 0.1) is 13.1 Å². The molecule has 1 aliphatic rings. The quantitative estimate of drug-likeness (QED) is 0.717. The highest BCUT2D eigenvalue weighted by Gasteiger charge is 2.26. The molecular formula is C22H21N3O4. The van der Waals surface area contributed by atoms with Crippen LogP contribution in [0.5, 0.6) is 11.6 Å². The van der Waals surface area contributed by atoms with E-state index in [0.717, 1.165) is 11.3 Å². The van der Waals surface area contributed by atoms with E-state index in [0.29, 0.717) is 36.2 Å². The van der Waals surface area contributed by atoms with Gasteiger partial charge in [-0.3, -0.25) is 9.59 Å². The number of amides is 2. The molecule has 1 aliphatic heterocycles. The summed E-state index contributed by atoms with van der Waals surface area (Å²) in [6.45, 7) is 2.51. The van der Waals surface area contributed by atoms with Crippen LogP contribution >= 0.6 is 0 Å². The number of para-hydroxylation sites is 1. The standard InChI is InChI=1S/C22H21N3O4/c1-15-8-9-17(28-15)13-24-20(26)10-11-21(27)25-14-16-5-2-3-7-19(16)29-22-18(25)6-4-12-23-22/h2-9,12H,10-11,13-14H2,1H3,(H,24,26). The number of anilines is 1. The minimum Gasteiger partial charge on any atom is -0.465 e. The Morgan fingerprint density at radius 1 is 1.10 bits per heavy atom. The number of benzene rings is 1. The number of hydrogen-bond donors (Lipinski definition) is 1. The lowest BCUT2D eigenvalue weighted by Crippen LogP contribution is -2.31. The monoisotopic (exact) mass is 391 g/mol. The van der Waals surface area contributed by atoms with Gasteiger partial charge in [0.2, 0.25) is 17.7 Å². The normalized spacial score (nSPS) is 12.4. The number of aromatic nitrogens is 1. The summed E-state index contributed by atoms with van der Waals surface area (Å²) in [6, 6.07) is 14.8. The molecule has 0 fully saturated rings. The maximum absolute atomic E-state index is 12.9. The summed E-state index contributed by atoms with van der Waals surface area (Å²) in [4.78, 5) is 31.0. The largest absolute Gasteiger partial charge is 0.465 e. The van der Waals surface area contributed by atoms with Crippen molar-refractivity contribution in [2.45, 2.75) is 32.9 Å². The van der Waals surface area contributed by atoms with Crippen molar-refractivity contribution >= 4 is 17.5 Å². The van der Waals surface area contributed by atoms with E-state index in [1.807, 2.05) is 43.3 Å². The van der Waals surface area contributed by atoms with E-state index >= 15 is 0 Å². The molecule has 1 N–H and O–H groups in total. The van der Waals surface area contributed by atoms with Gasteiger partial charge in [0, 0.05) is 24.6 Å². The maximum Gasteiger partial charge on any atom is 0.243 e. The highest BCUT2D eigenvalue weighted by Crippen LogP contribution is 2.37. The minimum absolute atomic E-state index is 0.0829. The molecule has 0 bridgehead atoms. The summed E-state index contributed by atoms with van der Waals surface area (Å²) in [5.74, 6) is 2.16. The number of fused-ring (bicyclic) bond motifs is 2. The highest BCUT2D eigenvalue weighted by molar-refractivity contribution is 5.96. The smallest absolute Gasteiger partial charge is 0.243 e. The lowest BCUT2D eigenvalue weighted by molar-refractivity contribution is -0.125. The first-order valence-corrected chi connectivity index (χ1v) is 9.43. The molecule has 3 aromatic rings. The first kappa shape index (κ1) is 18.7. The zero-order valence-electron chi connectivity index (χ0n) is 16.1. The van der Waals surface area contributed by atoms with Crippen molar-refractivity contribution in [3.63, 3.8) is 0 Å². The molecule has 7 heteroatoms. The molecule has 0 atom stereocenters. The number of carbonyl (C=O) groups excluding carboxylic acids is 2. The third-order valence-corrected chi connectivity index (χ3v) is 4.67. The predicted octanol–water partition coefficient (Wildman–Crippen LogP) is 3.72. The summed E-state index contributed by atoms with van der Waals surface area (Å²) in [6.07, 6.45) is 1.80. The Kier molecular flexibility index (Phi) is 5.29. The molecule has 0 saturated carbocycles. The van der Waals surface area contributed by atoms with Gasteiger partial charge in [-0.15, -0.1) is 0 Å². The average molecular weight is 391 g/mol. The van der Waals surface area contributed by atoms with Gasteiger partial charge in [0.1, 0.15) is 23.0 Å². The summed E-state index contributed by atoms with van der Waals surface area (Å²) >= 11 is 0. The molecular weight excluding hydrogens is 370 g/mol. The molecule has 29 heavy (non-hydrogen) atoms. The zero-order chi connectivity index (χ0) is 20.2. The number of aryl methyl sites for hydroxylation is 1. The third-order valence-electron chi connectivity index (χ3n) is 4.67. The fourth-order valence-electron chi connectivity index (χ4n) is 3.19. The van der Waals surface area contributed by atoms with E-state index in [1.54, 1.807) is 23.2 Å². The Morgan fingerprint density at radius 3 is 2.79 bits per heavy atom. The molecule has 0 radical (unpaired) electrons. The molecule has 1 aromatic carbocycles. The van der Waals surface area contributed by atoms with Gasteiger partial charge in [-0.2, -0.15) is 0 Å². The molecule has 2 aromatic heterocycles. The van der Waals surface area contributed by atoms with E-state index in [2.05, 4.69) is 10.3 Å². The van der Waals surface area contributed by atoms with Gasteiger partial charge < -0.3 is 19.4 Å². The molecule has 0 spiro atoms. The number of hydrogen-bond acceptors (Lipinski definition) is 5. The van der Waals surface area contributed by atoms with E-state index < -0.39 is 0 Å².